The maximum Gasteiger partial charge on any atom is 0.331 e. The van der Waals surface area contributed by atoms with Crippen LogP contribution >= 0.6 is 0 Å². The molecule has 49 heavy (non-hydrogen) atoms. The highest BCUT2D eigenvalue weighted by atomic mass is 16.5. The molecular formula is C47H70O2. The monoisotopic (exact) mass is 667 g/mol. The Kier molecular flexibility index (Phi) is 14.0. The quantitative estimate of drug-likeness (QED) is 0.118. The van der Waals surface area contributed by atoms with E-state index in [1.165, 1.54) is 98.5 Å². The summed E-state index contributed by atoms with van der Waals surface area (Å²) >= 11 is 0. The largest absolute Gasteiger partial charge is 0.459 e. The van der Waals surface area contributed by atoms with Gasteiger partial charge in [0.25, 0.3) is 0 Å². The Labute approximate surface area is 301 Å². The van der Waals surface area contributed by atoms with Crippen LogP contribution in [0.15, 0.2) is 94.2 Å². The van der Waals surface area contributed by atoms with Crippen molar-refractivity contribution in [3.8, 4) is 0 Å². The van der Waals surface area contributed by atoms with Gasteiger partial charge < -0.3 is 4.74 Å². The van der Waals surface area contributed by atoms with Gasteiger partial charge in [-0.1, -0.05) is 132 Å². The lowest BCUT2D eigenvalue weighted by Crippen LogP contribution is -2.36. The molecule has 0 aliphatic heterocycles. The molecule has 3 fully saturated rings. The van der Waals surface area contributed by atoms with Crippen LogP contribution in [0.2, 0.25) is 0 Å². The lowest BCUT2D eigenvalue weighted by Gasteiger charge is -2.44. The Morgan fingerprint density at radius 2 is 1.69 bits per heavy atom. The number of hydrogen-bond donors (Lipinski definition) is 0. The van der Waals surface area contributed by atoms with Gasteiger partial charge in [0.1, 0.15) is 6.10 Å². The van der Waals surface area contributed by atoms with Crippen molar-refractivity contribution >= 4 is 5.97 Å². The predicted molar refractivity (Wildman–Crippen MR) is 211 cm³/mol. The highest BCUT2D eigenvalue weighted by molar-refractivity contribution is 5.83. The third-order valence-corrected chi connectivity index (χ3v) is 12.7. The molecule has 0 aromatic heterocycles. The van der Waals surface area contributed by atoms with Gasteiger partial charge >= 0.3 is 5.97 Å². The molecule has 0 aromatic carbocycles. The average molecular weight is 667 g/mol. The number of carbonyl (C=O) groups excluding carboxylic acids is 1. The molecule has 0 radical (unpaired) electrons. The molecule has 2 nitrogen and oxygen atoms in total. The maximum absolute atomic E-state index is 12.9. The SMILES string of the molecule is C=C1CC[C@H](OC(=O)C=C(C)C=CC=C(C)C=CC2=C(C)CCCC2(C)C)CC1=CC=C1CCC[C@]2(C)[C@@H]([C@H](C)CCCC(C)C)CC[C@@H]12. The molecule has 4 aliphatic carbocycles. The molecule has 3 saturated carbocycles. The molecule has 0 unspecified atom stereocenters. The number of fused-ring (bicyclic) bond motifs is 1. The molecule has 0 N–H and O–H groups in total. The lowest BCUT2D eigenvalue weighted by atomic mass is 9.60. The Hall–Kier alpha value is -2.61. The van der Waals surface area contributed by atoms with Crippen molar-refractivity contribution in [3.05, 3.63) is 94.2 Å². The van der Waals surface area contributed by atoms with Crippen LogP contribution in [-0.2, 0) is 9.53 Å². The molecule has 270 valence electrons. The first kappa shape index (κ1) is 39.2. The number of allylic oxidation sites excluding steroid dienone is 13. The van der Waals surface area contributed by atoms with Gasteiger partial charge in [-0.3, -0.25) is 0 Å². The van der Waals surface area contributed by atoms with Crippen molar-refractivity contribution in [1.82, 2.24) is 0 Å². The third-order valence-electron chi connectivity index (χ3n) is 12.7. The van der Waals surface area contributed by atoms with Gasteiger partial charge in [-0.05, 0) is 136 Å². The summed E-state index contributed by atoms with van der Waals surface area (Å²) in [5, 5.41) is 0. The minimum absolute atomic E-state index is 0.0936. The van der Waals surface area contributed by atoms with E-state index in [0.717, 1.165) is 42.6 Å². The van der Waals surface area contributed by atoms with E-state index >= 15 is 0 Å². The molecule has 0 amide bonds. The third kappa shape index (κ3) is 10.7. The van der Waals surface area contributed by atoms with E-state index in [-0.39, 0.29) is 17.5 Å². The van der Waals surface area contributed by atoms with Gasteiger partial charge in [0, 0.05) is 12.5 Å². The smallest absolute Gasteiger partial charge is 0.331 e. The zero-order chi connectivity index (χ0) is 35.8. The molecule has 5 atom stereocenters. The normalized spacial score (nSPS) is 30.7. The first-order chi connectivity index (χ1) is 23.2. The molecule has 0 aromatic rings. The second-order valence-electron chi connectivity index (χ2n) is 17.7. The second kappa shape index (κ2) is 17.5. The first-order valence-electron chi connectivity index (χ1n) is 19.9. The standard InChI is InChI=1S/C47H70O2/c1-33(2)15-11-18-38(7)43-27-28-44-39(20-14-30-47(43,44)10)23-24-40-32-41(25-22-36(40)5)49-45(48)31-35(4)17-12-16-34(3)21-26-42-37(6)19-13-29-46(42,8)9/h12,16-17,21,23-24,26,31,33,38,41,43-44H,5,11,13-15,18-20,22,25,27-30,32H2,1-4,6-10H3/t38-,41+,43-,44+,47-/m1/s1. The Balaban J connectivity index is 1.32. The number of ether oxygens (including phenoxy) is 1. The van der Waals surface area contributed by atoms with Crippen molar-refractivity contribution < 1.29 is 9.53 Å². The van der Waals surface area contributed by atoms with Crippen LogP contribution in [0, 0.1) is 34.5 Å². The van der Waals surface area contributed by atoms with E-state index in [2.05, 4.69) is 92.3 Å². The van der Waals surface area contributed by atoms with Crippen molar-refractivity contribution in [1.29, 1.82) is 0 Å². The number of esters is 1. The highest BCUT2D eigenvalue weighted by Crippen LogP contribution is 2.60. The van der Waals surface area contributed by atoms with Crippen LogP contribution in [0.3, 0.4) is 0 Å². The van der Waals surface area contributed by atoms with Crippen molar-refractivity contribution in [2.75, 3.05) is 0 Å². The fourth-order valence-corrected chi connectivity index (χ4v) is 9.81. The maximum atomic E-state index is 12.9. The second-order valence-corrected chi connectivity index (χ2v) is 17.7. The van der Waals surface area contributed by atoms with Gasteiger partial charge in [0.2, 0.25) is 0 Å². The number of hydrogen-bond acceptors (Lipinski definition) is 2. The number of rotatable bonds is 12. The number of carbonyl (C=O) groups is 1. The van der Waals surface area contributed by atoms with Crippen LogP contribution in [-0.4, -0.2) is 12.1 Å². The Bertz CT molecular complexity index is 1400. The molecule has 0 bridgehead atoms. The zero-order valence-corrected chi connectivity index (χ0v) is 32.9. The van der Waals surface area contributed by atoms with E-state index in [1.54, 1.807) is 11.6 Å². The van der Waals surface area contributed by atoms with E-state index in [4.69, 9.17) is 4.74 Å². The van der Waals surface area contributed by atoms with Crippen LogP contribution in [0.5, 0.6) is 0 Å². The van der Waals surface area contributed by atoms with E-state index < -0.39 is 0 Å². The van der Waals surface area contributed by atoms with Gasteiger partial charge in [0.15, 0.2) is 0 Å². The summed E-state index contributed by atoms with van der Waals surface area (Å²) in [5.74, 6) is 2.93. The topological polar surface area (TPSA) is 26.3 Å². The molecule has 4 rings (SSSR count). The van der Waals surface area contributed by atoms with Crippen molar-refractivity contribution in [3.63, 3.8) is 0 Å². The van der Waals surface area contributed by atoms with E-state index in [0.29, 0.717) is 11.3 Å². The lowest BCUT2D eigenvalue weighted by molar-refractivity contribution is -0.143. The minimum atomic E-state index is -0.248. The van der Waals surface area contributed by atoms with Crippen molar-refractivity contribution in [2.45, 2.75) is 158 Å². The molecule has 2 heteroatoms. The summed E-state index contributed by atoms with van der Waals surface area (Å²) in [6.07, 6.45) is 33.9. The Morgan fingerprint density at radius 3 is 2.43 bits per heavy atom. The van der Waals surface area contributed by atoms with Gasteiger partial charge in [-0.15, -0.1) is 0 Å². The predicted octanol–water partition coefficient (Wildman–Crippen LogP) is 13.7. The Morgan fingerprint density at radius 1 is 0.939 bits per heavy atom. The van der Waals surface area contributed by atoms with Crippen LogP contribution in [0.1, 0.15) is 152 Å². The van der Waals surface area contributed by atoms with Crippen LogP contribution in [0.25, 0.3) is 0 Å². The summed E-state index contributed by atoms with van der Waals surface area (Å²) in [7, 11) is 0. The molecular weight excluding hydrogens is 597 g/mol. The highest BCUT2D eigenvalue weighted by Gasteiger charge is 2.50. The van der Waals surface area contributed by atoms with Crippen molar-refractivity contribution in [2.24, 2.45) is 34.5 Å². The minimum Gasteiger partial charge on any atom is -0.459 e. The van der Waals surface area contributed by atoms with E-state index in [9.17, 15) is 4.79 Å². The summed E-state index contributed by atoms with van der Waals surface area (Å²) in [6, 6.07) is 0. The fraction of sp³-hybridized carbons (Fsp3) is 0.638. The first-order valence-corrected chi connectivity index (χ1v) is 19.9. The average Bonchev–Trinajstić information content (AvgIpc) is 3.38. The summed E-state index contributed by atoms with van der Waals surface area (Å²) in [6.45, 7) is 25.3. The van der Waals surface area contributed by atoms with Gasteiger partial charge in [0.05, 0.1) is 0 Å². The zero-order valence-electron chi connectivity index (χ0n) is 32.9. The van der Waals surface area contributed by atoms with E-state index in [1.807, 2.05) is 19.1 Å². The van der Waals surface area contributed by atoms with Crippen LogP contribution < -0.4 is 0 Å². The summed E-state index contributed by atoms with van der Waals surface area (Å²) in [4.78, 5) is 12.9. The summed E-state index contributed by atoms with van der Waals surface area (Å²) < 4.78 is 5.98. The van der Waals surface area contributed by atoms with Gasteiger partial charge in [-0.25, -0.2) is 4.79 Å². The molecule has 0 heterocycles. The molecule has 0 spiro atoms. The van der Waals surface area contributed by atoms with Crippen LogP contribution in [0.4, 0.5) is 0 Å². The molecule has 4 aliphatic rings. The summed E-state index contributed by atoms with van der Waals surface area (Å²) in [5.41, 5.74) is 9.89. The van der Waals surface area contributed by atoms with Gasteiger partial charge in [-0.2, -0.15) is 0 Å². The molecule has 0 saturated heterocycles. The fourth-order valence-electron chi connectivity index (χ4n) is 9.81.